The summed E-state index contributed by atoms with van der Waals surface area (Å²) in [6, 6.07) is 0. The molecule has 4 nitrogen and oxygen atoms in total. The summed E-state index contributed by atoms with van der Waals surface area (Å²) in [5.74, 6) is 1.25. The van der Waals surface area contributed by atoms with Crippen molar-refractivity contribution in [3.8, 4) is 0 Å². The number of nitrogens with two attached hydrogens (primary N) is 1. The van der Waals surface area contributed by atoms with Crippen LogP contribution >= 0.6 is 0 Å². The van der Waals surface area contributed by atoms with Gasteiger partial charge in [-0.25, -0.2) is 0 Å². The Morgan fingerprint density at radius 3 is 2.40 bits per heavy atom. The highest BCUT2D eigenvalue weighted by Crippen LogP contribution is 2.23. The summed E-state index contributed by atoms with van der Waals surface area (Å²) in [5.41, 5.74) is 5.95. The molecule has 0 radical (unpaired) electrons. The Hall–Kier alpha value is -0.610. The van der Waals surface area contributed by atoms with Crippen molar-refractivity contribution in [3.05, 3.63) is 0 Å². The molecule has 1 saturated carbocycles. The van der Waals surface area contributed by atoms with E-state index in [0.29, 0.717) is 12.5 Å². The highest BCUT2D eigenvalue weighted by molar-refractivity contribution is 5.82. The predicted octanol–water partition coefficient (Wildman–Crippen LogP) is 1.54. The second-order valence-electron chi connectivity index (χ2n) is 4.00. The van der Waals surface area contributed by atoms with Gasteiger partial charge in [-0.05, 0) is 12.8 Å². The van der Waals surface area contributed by atoms with E-state index in [2.05, 4.69) is 4.99 Å². The summed E-state index contributed by atoms with van der Waals surface area (Å²) in [7, 11) is 3.22. The van der Waals surface area contributed by atoms with Crippen LogP contribution in [0.3, 0.4) is 0 Å². The van der Waals surface area contributed by atoms with Crippen LogP contribution in [0.5, 0.6) is 0 Å². The van der Waals surface area contributed by atoms with Crippen molar-refractivity contribution >= 4 is 5.84 Å². The molecule has 0 atom stereocenters. The minimum atomic E-state index is -0.271. The monoisotopic (exact) mass is 214 g/mol. The second kappa shape index (κ2) is 6.80. The lowest BCUT2D eigenvalue weighted by atomic mass is 9.88. The molecule has 0 unspecified atom stereocenters. The first-order chi connectivity index (χ1) is 7.27. The van der Waals surface area contributed by atoms with Crippen LogP contribution in [0.4, 0.5) is 0 Å². The number of methoxy groups -OCH3 is 2. The van der Waals surface area contributed by atoms with Crippen molar-refractivity contribution in [2.24, 2.45) is 16.6 Å². The largest absolute Gasteiger partial charge is 0.387 e. The molecule has 0 aliphatic heterocycles. The molecule has 15 heavy (non-hydrogen) atoms. The first-order valence-corrected chi connectivity index (χ1v) is 5.63. The fourth-order valence-electron chi connectivity index (χ4n) is 1.95. The molecule has 0 bridgehead atoms. The van der Waals surface area contributed by atoms with Crippen LogP contribution in [0.2, 0.25) is 0 Å². The molecule has 1 aliphatic rings. The van der Waals surface area contributed by atoms with Gasteiger partial charge < -0.3 is 15.2 Å². The summed E-state index contributed by atoms with van der Waals surface area (Å²) in [6.07, 6.45) is 5.98. The zero-order valence-electron chi connectivity index (χ0n) is 9.74. The molecule has 0 aromatic carbocycles. The Labute approximate surface area is 91.8 Å². The molecule has 0 aromatic heterocycles. The molecule has 0 saturated heterocycles. The topological polar surface area (TPSA) is 56.8 Å². The van der Waals surface area contributed by atoms with Crippen molar-refractivity contribution in [2.75, 3.05) is 20.8 Å². The number of hydrogen-bond acceptors (Lipinski definition) is 3. The summed E-state index contributed by atoms with van der Waals surface area (Å²) >= 11 is 0. The third-order valence-electron chi connectivity index (χ3n) is 2.97. The average molecular weight is 214 g/mol. The maximum Gasteiger partial charge on any atom is 0.176 e. The van der Waals surface area contributed by atoms with Gasteiger partial charge in [0.25, 0.3) is 0 Å². The van der Waals surface area contributed by atoms with Crippen molar-refractivity contribution in [3.63, 3.8) is 0 Å². The van der Waals surface area contributed by atoms with Crippen LogP contribution in [-0.2, 0) is 9.47 Å². The van der Waals surface area contributed by atoms with Crippen LogP contribution in [0, 0.1) is 5.92 Å². The van der Waals surface area contributed by atoms with Gasteiger partial charge in [0, 0.05) is 20.1 Å². The SMILES string of the molecule is COC(CN=C(N)C1CCCCC1)OC. The summed E-state index contributed by atoms with van der Waals surface area (Å²) in [5, 5.41) is 0. The number of hydrogen-bond donors (Lipinski definition) is 1. The van der Waals surface area contributed by atoms with E-state index in [4.69, 9.17) is 15.2 Å². The molecule has 0 amide bonds. The summed E-state index contributed by atoms with van der Waals surface area (Å²) < 4.78 is 10.1. The normalized spacial score (nSPS) is 19.8. The standard InChI is InChI=1S/C11H22N2O2/c1-14-10(15-2)8-13-11(12)9-6-4-3-5-7-9/h9-10H,3-8H2,1-2H3,(H2,12,13). The van der Waals surface area contributed by atoms with Gasteiger partial charge in [-0.15, -0.1) is 0 Å². The molecule has 1 rings (SSSR count). The zero-order chi connectivity index (χ0) is 11.1. The van der Waals surface area contributed by atoms with E-state index in [1.54, 1.807) is 14.2 Å². The molecular formula is C11H22N2O2. The lowest BCUT2D eigenvalue weighted by Gasteiger charge is -2.21. The van der Waals surface area contributed by atoms with Gasteiger partial charge in [0.2, 0.25) is 0 Å². The Morgan fingerprint density at radius 2 is 1.87 bits per heavy atom. The van der Waals surface area contributed by atoms with E-state index in [-0.39, 0.29) is 6.29 Å². The maximum absolute atomic E-state index is 5.95. The third kappa shape index (κ3) is 4.18. The van der Waals surface area contributed by atoms with Gasteiger partial charge in [0.15, 0.2) is 6.29 Å². The lowest BCUT2D eigenvalue weighted by molar-refractivity contribution is -0.0937. The van der Waals surface area contributed by atoms with Gasteiger partial charge >= 0.3 is 0 Å². The van der Waals surface area contributed by atoms with Crippen LogP contribution in [0.15, 0.2) is 4.99 Å². The molecule has 1 aliphatic carbocycles. The Bertz CT molecular complexity index is 197. The van der Waals surface area contributed by atoms with E-state index >= 15 is 0 Å². The number of nitrogens with zero attached hydrogens (tertiary/aromatic N) is 1. The molecule has 88 valence electrons. The number of amidine groups is 1. The molecule has 0 aromatic rings. The minimum absolute atomic E-state index is 0.271. The van der Waals surface area contributed by atoms with E-state index in [9.17, 15) is 0 Å². The molecule has 2 N–H and O–H groups in total. The van der Waals surface area contributed by atoms with Crippen molar-refractivity contribution in [1.82, 2.24) is 0 Å². The molecule has 1 fully saturated rings. The lowest BCUT2D eigenvalue weighted by Crippen LogP contribution is -2.28. The van der Waals surface area contributed by atoms with Crippen molar-refractivity contribution < 1.29 is 9.47 Å². The number of aliphatic imine (C=N–C) groups is 1. The van der Waals surface area contributed by atoms with Gasteiger partial charge in [-0.1, -0.05) is 19.3 Å². The Balaban J connectivity index is 2.36. The summed E-state index contributed by atoms with van der Waals surface area (Å²) in [6.45, 7) is 0.495. The fraction of sp³-hybridized carbons (Fsp3) is 0.909. The smallest absolute Gasteiger partial charge is 0.176 e. The van der Waals surface area contributed by atoms with Gasteiger partial charge in [0.1, 0.15) is 0 Å². The fourth-order valence-corrected chi connectivity index (χ4v) is 1.95. The number of rotatable bonds is 5. The van der Waals surface area contributed by atoms with E-state index < -0.39 is 0 Å². The minimum Gasteiger partial charge on any atom is -0.387 e. The highest BCUT2D eigenvalue weighted by atomic mass is 16.7. The summed E-state index contributed by atoms with van der Waals surface area (Å²) in [4.78, 5) is 4.33. The maximum atomic E-state index is 5.95. The first-order valence-electron chi connectivity index (χ1n) is 5.63. The Kier molecular flexibility index (Phi) is 5.65. The highest BCUT2D eigenvalue weighted by Gasteiger charge is 2.17. The van der Waals surface area contributed by atoms with Crippen LogP contribution in [0.1, 0.15) is 32.1 Å². The Morgan fingerprint density at radius 1 is 1.27 bits per heavy atom. The quantitative estimate of drug-likeness (QED) is 0.429. The van der Waals surface area contributed by atoms with Gasteiger partial charge in [-0.3, -0.25) is 4.99 Å². The predicted molar refractivity (Wildman–Crippen MR) is 60.9 cm³/mol. The third-order valence-corrected chi connectivity index (χ3v) is 2.97. The van der Waals surface area contributed by atoms with Crippen LogP contribution in [0.25, 0.3) is 0 Å². The van der Waals surface area contributed by atoms with Crippen LogP contribution in [-0.4, -0.2) is 32.9 Å². The molecular weight excluding hydrogens is 192 g/mol. The van der Waals surface area contributed by atoms with Crippen molar-refractivity contribution in [1.29, 1.82) is 0 Å². The van der Waals surface area contributed by atoms with Gasteiger partial charge in [-0.2, -0.15) is 0 Å². The van der Waals surface area contributed by atoms with Crippen LogP contribution < -0.4 is 5.73 Å². The van der Waals surface area contributed by atoms with Crippen molar-refractivity contribution in [2.45, 2.75) is 38.4 Å². The van der Waals surface area contributed by atoms with Gasteiger partial charge in [0.05, 0.1) is 12.4 Å². The molecule has 0 spiro atoms. The number of ether oxygens (including phenoxy) is 2. The van der Waals surface area contributed by atoms with E-state index in [1.165, 1.54) is 32.1 Å². The molecule has 4 heteroatoms. The second-order valence-corrected chi connectivity index (χ2v) is 4.00. The zero-order valence-corrected chi connectivity index (χ0v) is 9.74. The van der Waals surface area contributed by atoms with E-state index in [0.717, 1.165) is 5.84 Å². The average Bonchev–Trinajstić information content (AvgIpc) is 2.31. The molecule has 0 heterocycles. The first kappa shape index (κ1) is 12.5. The van der Waals surface area contributed by atoms with E-state index in [1.807, 2.05) is 0 Å².